The summed E-state index contributed by atoms with van der Waals surface area (Å²) in [4.78, 5) is 14.6. The Morgan fingerprint density at radius 1 is 1.34 bits per heavy atom. The molecular formula is C22H28ClFN6O2. The number of amides is 1. The number of ether oxygens (including phenoxy) is 1. The number of aromatic nitrogens is 2. The largest absolute Gasteiger partial charge is 0.484 e. The van der Waals surface area contributed by atoms with Crippen LogP contribution >= 0.6 is 11.6 Å². The first-order valence-electron chi connectivity index (χ1n) is 10.9. The lowest BCUT2D eigenvalue weighted by molar-refractivity contribution is -0.150. The average molecular weight is 463 g/mol. The molecule has 1 saturated heterocycles. The molecule has 172 valence electrons. The molecule has 0 spiro atoms. The van der Waals surface area contributed by atoms with Crippen molar-refractivity contribution < 1.29 is 13.9 Å². The molecule has 6 rings (SSSR count). The normalized spacial score (nSPS) is 31.5. The molecule has 1 aliphatic heterocycles. The molecule has 1 aromatic carbocycles. The SMILES string of the molecule is CN1CCC(c2cnn(C)c2)NC1NC12CC(NC(=O)COc3ccc(Cl)c(F)c3)(C1)C2. The Labute approximate surface area is 191 Å². The first-order valence-corrected chi connectivity index (χ1v) is 11.2. The Balaban J connectivity index is 1.09. The maximum absolute atomic E-state index is 13.5. The zero-order valence-electron chi connectivity index (χ0n) is 18.2. The van der Waals surface area contributed by atoms with E-state index in [1.807, 2.05) is 17.9 Å². The van der Waals surface area contributed by atoms with E-state index in [-0.39, 0.29) is 46.7 Å². The lowest BCUT2D eigenvalue weighted by atomic mass is 9.44. The number of hydrogen-bond acceptors (Lipinski definition) is 6. The Morgan fingerprint density at radius 3 is 2.81 bits per heavy atom. The highest BCUT2D eigenvalue weighted by Crippen LogP contribution is 2.60. The monoisotopic (exact) mass is 462 g/mol. The lowest BCUT2D eigenvalue weighted by Gasteiger charge is -2.71. The highest BCUT2D eigenvalue weighted by Gasteiger charge is 2.69. The van der Waals surface area contributed by atoms with Crippen molar-refractivity contribution in [1.82, 2.24) is 30.6 Å². The minimum absolute atomic E-state index is 0.0262. The van der Waals surface area contributed by atoms with Crippen LogP contribution < -0.4 is 20.7 Å². The third-order valence-electron chi connectivity index (χ3n) is 6.84. The average Bonchev–Trinajstić information content (AvgIpc) is 3.14. The van der Waals surface area contributed by atoms with Gasteiger partial charge in [-0.1, -0.05) is 11.6 Å². The van der Waals surface area contributed by atoms with E-state index in [9.17, 15) is 9.18 Å². The number of nitrogens with zero attached hydrogens (tertiary/aromatic N) is 3. The van der Waals surface area contributed by atoms with Gasteiger partial charge in [-0.3, -0.25) is 25.0 Å². The fourth-order valence-corrected chi connectivity index (χ4v) is 5.43. The van der Waals surface area contributed by atoms with Gasteiger partial charge in [0.05, 0.1) is 11.2 Å². The zero-order valence-corrected chi connectivity index (χ0v) is 19.0. The second-order valence-corrected chi connectivity index (χ2v) is 9.89. The van der Waals surface area contributed by atoms with Gasteiger partial charge in [0, 0.05) is 48.5 Å². The number of benzene rings is 1. The van der Waals surface area contributed by atoms with Crippen LogP contribution in [-0.2, 0) is 11.8 Å². The molecular weight excluding hydrogens is 435 g/mol. The van der Waals surface area contributed by atoms with Crippen molar-refractivity contribution in [3.63, 3.8) is 0 Å². The van der Waals surface area contributed by atoms with Crippen LogP contribution in [-0.4, -0.2) is 58.2 Å². The number of nitrogens with one attached hydrogen (secondary N) is 3. The van der Waals surface area contributed by atoms with Crippen molar-refractivity contribution in [3.05, 3.63) is 47.0 Å². The fourth-order valence-electron chi connectivity index (χ4n) is 5.31. The Hall–Kier alpha value is -2.20. The predicted octanol–water partition coefficient (Wildman–Crippen LogP) is 1.92. The molecule has 10 heteroatoms. The van der Waals surface area contributed by atoms with Gasteiger partial charge in [-0.15, -0.1) is 0 Å². The number of carbonyl (C=O) groups excluding carboxylic acids is 1. The van der Waals surface area contributed by atoms with Gasteiger partial charge in [-0.2, -0.15) is 5.10 Å². The molecule has 2 heterocycles. The van der Waals surface area contributed by atoms with Crippen LogP contribution in [0.3, 0.4) is 0 Å². The van der Waals surface area contributed by atoms with E-state index >= 15 is 0 Å². The van der Waals surface area contributed by atoms with Gasteiger partial charge < -0.3 is 10.1 Å². The van der Waals surface area contributed by atoms with E-state index in [4.69, 9.17) is 16.3 Å². The summed E-state index contributed by atoms with van der Waals surface area (Å²) in [7, 11) is 4.05. The summed E-state index contributed by atoms with van der Waals surface area (Å²) in [5.74, 6) is -0.477. The van der Waals surface area contributed by atoms with Crippen molar-refractivity contribution >= 4 is 17.5 Å². The first kappa shape index (κ1) is 21.6. The van der Waals surface area contributed by atoms with Gasteiger partial charge in [0.15, 0.2) is 6.61 Å². The molecule has 2 unspecified atom stereocenters. The molecule has 8 nitrogen and oxygen atoms in total. The highest BCUT2D eigenvalue weighted by molar-refractivity contribution is 6.30. The summed E-state index contributed by atoms with van der Waals surface area (Å²) in [6.45, 7) is 0.841. The topological polar surface area (TPSA) is 83.5 Å². The summed E-state index contributed by atoms with van der Waals surface area (Å²) in [6, 6.07) is 4.41. The highest BCUT2D eigenvalue weighted by atomic mass is 35.5. The summed E-state index contributed by atoms with van der Waals surface area (Å²) in [5.41, 5.74) is 1.10. The van der Waals surface area contributed by atoms with Crippen LogP contribution in [0, 0.1) is 5.82 Å². The molecule has 32 heavy (non-hydrogen) atoms. The fraction of sp³-hybridized carbons (Fsp3) is 0.545. The van der Waals surface area contributed by atoms with Crippen LogP contribution in [0.5, 0.6) is 5.75 Å². The predicted molar refractivity (Wildman–Crippen MR) is 118 cm³/mol. The molecule has 3 N–H and O–H groups in total. The Bertz CT molecular complexity index is 1010. The molecule has 1 aromatic heterocycles. The van der Waals surface area contributed by atoms with E-state index in [1.54, 1.807) is 6.07 Å². The number of rotatable bonds is 7. The summed E-state index contributed by atoms with van der Waals surface area (Å²) in [5, 5.41) is 14.9. The molecule has 2 aromatic rings. The standard InChI is InChI=1S/C22H28ClFN6O2/c1-29-6-5-18(14-8-25-30(2)9-14)26-20(29)28-22-11-21(12-22,13-22)27-19(31)10-32-15-3-4-16(23)17(24)7-15/h3-4,7-9,18,20,26,28H,5-6,10-13H2,1-2H3,(H,27,31). The Morgan fingerprint density at radius 2 is 2.12 bits per heavy atom. The molecule has 3 aliphatic carbocycles. The molecule has 0 radical (unpaired) electrons. The first-order chi connectivity index (χ1) is 15.2. The minimum Gasteiger partial charge on any atom is -0.484 e. The van der Waals surface area contributed by atoms with E-state index < -0.39 is 5.82 Å². The quantitative estimate of drug-likeness (QED) is 0.583. The van der Waals surface area contributed by atoms with E-state index in [0.717, 1.165) is 32.2 Å². The third-order valence-corrected chi connectivity index (χ3v) is 7.14. The molecule has 3 saturated carbocycles. The smallest absolute Gasteiger partial charge is 0.258 e. The van der Waals surface area contributed by atoms with Gasteiger partial charge in [0.2, 0.25) is 0 Å². The number of hydrogen-bond donors (Lipinski definition) is 3. The van der Waals surface area contributed by atoms with Gasteiger partial charge >= 0.3 is 0 Å². The van der Waals surface area contributed by atoms with Crippen molar-refractivity contribution in [1.29, 1.82) is 0 Å². The molecule has 2 bridgehead atoms. The van der Waals surface area contributed by atoms with Crippen LogP contribution in [0.1, 0.15) is 37.3 Å². The van der Waals surface area contributed by atoms with E-state index in [2.05, 4.69) is 39.2 Å². The maximum Gasteiger partial charge on any atom is 0.258 e. The Kier molecular flexibility index (Phi) is 5.40. The van der Waals surface area contributed by atoms with Crippen molar-refractivity contribution in [2.45, 2.75) is 49.1 Å². The second kappa shape index (κ2) is 7.98. The number of halogens is 2. The lowest BCUT2D eigenvalue weighted by Crippen LogP contribution is -2.86. The molecule has 2 atom stereocenters. The zero-order chi connectivity index (χ0) is 22.5. The molecule has 1 amide bonds. The van der Waals surface area contributed by atoms with E-state index in [1.165, 1.54) is 17.7 Å². The molecule has 4 aliphatic rings. The maximum atomic E-state index is 13.5. The van der Waals surface area contributed by atoms with Crippen LogP contribution in [0.15, 0.2) is 30.6 Å². The van der Waals surface area contributed by atoms with E-state index in [0.29, 0.717) is 0 Å². The summed E-state index contributed by atoms with van der Waals surface area (Å²) >= 11 is 5.67. The number of carbonyl (C=O) groups is 1. The van der Waals surface area contributed by atoms with Crippen LogP contribution in [0.4, 0.5) is 4.39 Å². The molecule has 4 fully saturated rings. The van der Waals surface area contributed by atoms with Gasteiger partial charge in [-0.05, 0) is 44.9 Å². The summed E-state index contributed by atoms with van der Waals surface area (Å²) < 4.78 is 20.7. The van der Waals surface area contributed by atoms with Gasteiger partial charge in [0.1, 0.15) is 17.9 Å². The van der Waals surface area contributed by atoms with Gasteiger partial charge in [0.25, 0.3) is 5.91 Å². The number of aryl methyl sites for hydroxylation is 1. The van der Waals surface area contributed by atoms with Crippen LogP contribution in [0.2, 0.25) is 5.02 Å². The minimum atomic E-state index is -0.566. The van der Waals surface area contributed by atoms with Crippen LogP contribution in [0.25, 0.3) is 0 Å². The summed E-state index contributed by atoms with van der Waals surface area (Å²) in [6.07, 6.45) is 7.77. The second-order valence-electron chi connectivity index (χ2n) is 9.49. The third kappa shape index (κ3) is 4.10. The van der Waals surface area contributed by atoms with Crippen molar-refractivity contribution in [3.8, 4) is 5.75 Å². The van der Waals surface area contributed by atoms with Gasteiger partial charge in [-0.25, -0.2) is 4.39 Å². The van der Waals surface area contributed by atoms with Crippen molar-refractivity contribution in [2.75, 3.05) is 20.2 Å². The van der Waals surface area contributed by atoms with Crippen molar-refractivity contribution in [2.24, 2.45) is 7.05 Å².